The highest BCUT2D eigenvalue weighted by Gasteiger charge is 2.35. The van der Waals surface area contributed by atoms with Crippen LogP contribution in [0.3, 0.4) is 0 Å². The first-order chi connectivity index (χ1) is 9.29. The van der Waals surface area contributed by atoms with Gasteiger partial charge < -0.3 is 0 Å². The third kappa shape index (κ3) is 3.80. The van der Waals surface area contributed by atoms with Crippen LogP contribution in [0.1, 0.15) is 12.0 Å². The maximum Gasteiger partial charge on any atom is 0.214 e. The summed E-state index contributed by atoms with van der Waals surface area (Å²) in [4.78, 5) is 0. The van der Waals surface area contributed by atoms with Gasteiger partial charge in [-0.25, -0.2) is 21.1 Å². The zero-order valence-corrected chi connectivity index (χ0v) is 13.0. The first-order valence-corrected chi connectivity index (χ1v) is 10.1. The molecule has 1 atom stereocenters. The van der Waals surface area contributed by atoms with E-state index in [9.17, 15) is 16.8 Å². The maximum absolute atomic E-state index is 12.2. The standard InChI is InChI=1S/C13H19NO4S2/c1-19(15,16)13-7-9-14(11-13)20(17,18)10-8-12-5-3-2-4-6-12/h2-6,13H,7-11H2,1H3/t13-/m0/s1. The molecule has 0 aromatic heterocycles. The van der Waals surface area contributed by atoms with Gasteiger partial charge in [-0.1, -0.05) is 30.3 Å². The van der Waals surface area contributed by atoms with E-state index in [-0.39, 0.29) is 12.3 Å². The second-order valence-corrected chi connectivity index (χ2v) is 9.56. The van der Waals surface area contributed by atoms with E-state index in [1.807, 2.05) is 30.3 Å². The van der Waals surface area contributed by atoms with Crippen LogP contribution in [0.5, 0.6) is 0 Å². The molecule has 0 spiro atoms. The molecule has 0 bridgehead atoms. The number of sulfonamides is 1. The van der Waals surface area contributed by atoms with Gasteiger partial charge in [0, 0.05) is 19.3 Å². The minimum absolute atomic E-state index is 0.0213. The topological polar surface area (TPSA) is 71.5 Å². The maximum atomic E-state index is 12.2. The minimum Gasteiger partial charge on any atom is -0.229 e. The lowest BCUT2D eigenvalue weighted by Gasteiger charge is -2.16. The van der Waals surface area contributed by atoms with Crippen LogP contribution in [0.15, 0.2) is 30.3 Å². The molecule has 0 saturated carbocycles. The Morgan fingerprint density at radius 1 is 1.15 bits per heavy atom. The molecule has 0 amide bonds. The highest BCUT2D eigenvalue weighted by atomic mass is 32.2. The van der Waals surface area contributed by atoms with Gasteiger partial charge in [0.1, 0.15) is 0 Å². The summed E-state index contributed by atoms with van der Waals surface area (Å²) < 4.78 is 48.7. The van der Waals surface area contributed by atoms with Gasteiger partial charge in [-0.3, -0.25) is 0 Å². The Hall–Kier alpha value is -0.920. The van der Waals surface area contributed by atoms with E-state index in [4.69, 9.17) is 0 Å². The normalized spacial score (nSPS) is 21.1. The molecular weight excluding hydrogens is 298 g/mol. The SMILES string of the molecule is CS(=O)(=O)[C@H]1CCN(S(=O)(=O)CCc2ccccc2)C1. The summed E-state index contributed by atoms with van der Waals surface area (Å²) in [5, 5.41) is -0.561. The van der Waals surface area contributed by atoms with Crippen molar-refractivity contribution in [3.8, 4) is 0 Å². The highest BCUT2D eigenvalue weighted by Crippen LogP contribution is 2.20. The van der Waals surface area contributed by atoms with Crippen molar-refractivity contribution in [1.82, 2.24) is 4.31 Å². The lowest BCUT2D eigenvalue weighted by Crippen LogP contribution is -2.33. The van der Waals surface area contributed by atoms with Gasteiger partial charge in [0.25, 0.3) is 0 Å². The Kier molecular flexibility index (Phi) is 4.51. The van der Waals surface area contributed by atoms with Crippen molar-refractivity contribution < 1.29 is 16.8 Å². The van der Waals surface area contributed by atoms with E-state index in [0.717, 1.165) is 11.8 Å². The fourth-order valence-electron chi connectivity index (χ4n) is 2.32. The molecule has 1 aliphatic rings. The minimum atomic E-state index is -3.38. The van der Waals surface area contributed by atoms with Crippen molar-refractivity contribution >= 4 is 19.9 Å². The first-order valence-electron chi connectivity index (χ1n) is 6.50. The van der Waals surface area contributed by atoms with E-state index in [1.54, 1.807) is 0 Å². The largest absolute Gasteiger partial charge is 0.229 e. The van der Waals surface area contributed by atoms with Crippen molar-refractivity contribution in [3.05, 3.63) is 35.9 Å². The van der Waals surface area contributed by atoms with Crippen molar-refractivity contribution in [2.75, 3.05) is 25.1 Å². The second kappa shape index (κ2) is 5.83. The van der Waals surface area contributed by atoms with Crippen LogP contribution >= 0.6 is 0 Å². The molecule has 1 aromatic rings. The lowest BCUT2D eigenvalue weighted by atomic mass is 10.2. The van der Waals surface area contributed by atoms with Crippen LogP contribution in [-0.2, 0) is 26.3 Å². The molecule has 1 heterocycles. The predicted molar refractivity (Wildman–Crippen MR) is 78.8 cm³/mol. The number of rotatable bonds is 5. The molecule has 1 aromatic carbocycles. The summed E-state index contributed by atoms with van der Waals surface area (Å²) in [7, 11) is -6.55. The van der Waals surface area contributed by atoms with Crippen molar-refractivity contribution in [1.29, 1.82) is 0 Å². The predicted octanol–water partition coefficient (Wildman–Crippen LogP) is 0.678. The monoisotopic (exact) mass is 317 g/mol. The second-order valence-electron chi connectivity index (χ2n) is 5.15. The fourth-order valence-corrected chi connectivity index (χ4v) is 4.94. The Morgan fingerprint density at radius 3 is 2.35 bits per heavy atom. The smallest absolute Gasteiger partial charge is 0.214 e. The van der Waals surface area contributed by atoms with Gasteiger partial charge in [0.15, 0.2) is 9.84 Å². The molecule has 20 heavy (non-hydrogen) atoms. The van der Waals surface area contributed by atoms with Crippen LogP contribution in [0.4, 0.5) is 0 Å². The Morgan fingerprint density at radius 2 is 1.80 bits per heavy atom. The molecule has 7 heteroatoms. The molecule has 0 aliphatic carbocycles. The van der Waals surface area contributed by atoms with Crippen molar-refractivity contribution in [3.63, 3.8) is 0 Å². The highest BCUT2D eigenvalue weighted by molar-refractivity contribution is 7.91. The summed E-state index contributed by atoms with van der Waals surface area (Å²) in [6.07, 6.45) is 2.00. The molecule has 1 fully saturated rings. The summed E-state index contributed by atoms with van der Waals surface area (Å²) in [6, 6.07) is 9.40. The summed E-state index contributed by atoms with van der Waals surface area (Å²) in [5.41, 5.74) is 0.968. The van der Waals surface area contributed by atoms with Crippen LogP contribution in [0, 0.1) is 0 Å². The van der Waals surface area contributed by atoms with Gasteiger partial charge in [0.05, 0.1) is 11.0 Å². The average molecular weight is 317 g/mol. The number of hydrogen-bond acceptors (Lipinski definition) is 4. The van der Waals surface area contributed by atoms with Crippen molar-refractivity contribution in [2.24, 2.45) is 0 Å². The number of benzene rings is 1. The van der Waals surface area contributed by atoms with E-state index in [0.29, 0.717) is 19.4 Å². The number of aryl methyl sites for hydroxylation is 1. The quantitative estimate of drug-likeness (QED) is 0.800. The molecule has 112 valence electrons. The van der Waals surface area contributed by atoms with Gasteiger partial charge in [-0.15, -0.1) is 0 Å². The fraction of sp³-hybridized carbons (Fsp3) is 0.538. The molecule has 0 unspecified atom stereocenters. The van der Waals surface area contributed by atoms with Crippen LogP contribution in [0.25, 0.3) is 0 Å². The Balaban J connectivity index is 1.98. The van der Waals surface area contributed by atoms with E-state index >= 15 is 0 Å². The Bertz CT molecular complexity index is 653. The Labute approximate surface area is 120 Å². The lowest BCUT2D eigenvalue weighted by molar-refractivity contribution is 0.476. The van der Waals surface area contributed by atoms with E-state index in [1.165, 1.54) is 4.31 Å². The zero-order valence-electron chi connectivity index (χ0n) is 11.4. The van der Waals surface area contributed by atoms with Crippen LogP contribution < -0.4 is 0 Å². The van der Waals surface area contributed by atoms with E-state index in [2.05, 4.69) is 0 Å². The molecule has 5 nitrogen and oxygen atoms in total. The third-order valence-electron chi connectivity index (χ3n) is 3.60. The zero-order chi connectivity index (χ0) is 14.8. The van der Waals surface area contributed by atoms with Crippen LogP contribution in [-0.4, -0.2) is 51.5 Å². The average Bonchev–Trinajstić information content (AvgIpc) is 2.88. The molecule has 2 rings (SSSR count). The third-order valence-corrected chi connectivity index (χ3v) is 7.03. The molecule has 0 N–H and O–H groups in total. The van der Waals surface area contributed by atoms with Gasteiger partial charge in [-0.2, -0.15) is 0 Å². The molecular formula is C13H19NO4S2. The molecule has 0 radical (unpaired) electrons. The first kappa shape index (κ1) is 15.5. The number of sulfone groups is 1. The van der Waals surface area contributed by atoms with E-state index < -0.39 is 25.1 Å². The van der Waals surface area contributed by atoms with Gasteiger partial charge >= 0.3 is 0 Å². The number of nitrogens with zero attached hydrogens (tertiary/aromatic N) is 1. The molecule has 1 aliphatic heterocycles. The summed E-state index contributed by atoms with van der Waals surface area (Å²) in [6.45, 7) is 0.394. The van der Waals surface area contributed by atoms with Crippen molar-refractivity contribution in [2.45, 2.75) is 18.1 Å². The molecule has 1 saturated heterocycles. The summed E-state index contributed by atoms with van der Waals surface area (Å²) >= 11 is 0. The van der Waals surface area contributed by atoms with Gasteiger partial charge in [0.2, 0.25) is 10.0 Å². The number of hydrogen-bond donors (Lipinski definition) is 0. The van der Waals surface area contributed by atoms with Crippen LogP contribution in [0.2, 0.25) is 0 Å². The van der Waals surface area contributed by atoms with Gasteiger partial charge in [-0.05, 0) is 18.4 Å². The summed E-state index contributed by atoms with van der Waals surface area (Å²) in [5.74, 6) is 0.0213.